The number of H-pyrrole nitrogens is 1. The minimum Gasteiger partial charge on any atom is -0.505 e. The molecular weight excluding hydrogens is 212 g/mol. The lowest BCUT2D eigenvalue weighted by molar-refractivity contribution is 0.205. The molecule has 2 rings (SSSR count). The van der Waals surface area contributed by atoms with Gasteiger partial charge in [-0.1, -0.05) is 6.07 Å². The lowest BCUT2D eigenvalue weighted by atomic mass is 10.2. The highest BCUT2D eigenvalue weighted by atomic mass is 16.4. The van der Waals surface area contributed by atoms with Crippen LogP contribution in [0.3, 0.4) is 0 Å². The van der Waals surface area contributed by atoms with Crippen molar-refractivity contribution in [2.24, 2.45) is 5.73 Å². The van der Waals surface area contributed by atoms with E-state index in [0.717, 1.165) is 5.56 Å². The van der Waals surface area contributed by atoms with Crippen LogP contribution in [0.4, 0.5) is 10.7 Å². The molecule has 0 radical (unpaired) electrons. The second-order valence-corrected chi connectivity index (χ2v) is 3.09. The molecule has 1 aromatic carbocycles. The Morgan fingerprint density at radius 3 is 2.62 bits per heavy atom. The monoisotopic (exact) mass is 224 g/mol. The lowest BCUT2D eigenvalue weighted by Crippen LogP contribution is -2.03. The Bertz CT molecular complexity index is 517. The topological polar surface area (TPSA) is 138 Å². The highest BCUT2D eigenvalue weighted by Crippen LogP contribution is 2.26. The molecule has 0 spiro atoms. The zero-order valence-electron chi connectivity index (χ0n) is 8.56. The molecule has 0 fully saturated rings. The maximum Gasteiger partial charge on any atom is 0.402 e. The predicted molar refractivity (Wildman–Crippen MR) is 59.1 cm³/mol. The largest absolute Gasteiger partial charge is 0.505 e. The molecule has 86 valence electrons. The van der Waals surface area contributed by atoms with E-state index in [1.807, 2.05) is 13.0 Å². The fraction of sp³-hybridized carbons (Fsp3) is 0.111. The second-order valence-electron chi connectivity index (χ2n) is 3.09. The van der Waals surface area contributed by atoms with Crippen molar-refractivity contribution in [1.82, 2.24) is 9.97 Å². The van der Waals surface area contributed by atoms with Crippen molar-refractivity contribution in [3.63, 3.8) is 0 Å². The van der Waals surface area contributed by atoms with Crippen LogP contribution in [-0.4, -0.2) is 26.3 Å². The molecule has 1 amide bonds. The molecule has 0 saturated heterocycles. The maximum atomic E-state index is 9.54. The summed E-state index contributed by atoms with van der Waals surface area (Å²) in [5.41, 5.74) is 11.6. The van der Waals surface area contributed by atoms with Crippen LogP contribution in [0.2, 0.25) is 0 Å². The Morgan fingerprint density at radius 2 is 2.06 bits per heavy atom. The molecule has 7 N–H and O–H groups in total. The fourth-order valence-corrected chi connectivity index (χ4v) is 1.19. The van der Waals surface area contributed by atoms with Crippen LogP contribution in [0.5, 0.6) is 5.75 Å². The van der Waals surface area contributed by atoms with Crippen LogP contribution in [-0.2, 0) is 0 Å². The van der Waals surface area contributed by atoms with E-state index >= 15 is 0 Å². The number of rotatable bonds is 0. The number of aryl methyl sites for hydroxylation is 1. The van der Waals surface area contributed by atoms with Gasteiger partial charge >= 0.3 is 6.09 Å². The molecule has 0 bridgehead atoms. The van der Waals surface area contributed by atoms with Crippen LogP contribution >= 0.6 is 0 Å². The molecular formula is C9H12N4O3. The summed E-state index contributed by atoms with van der Waals surface area (Å²) >= 11 is 0. The first kappa shape index (κ1) is 11.6. The van der Waals surface area contributed by atoms with Gasteiger partial charge in [0.15, 0.2) is 5.95 Å². The van der Waals surface area contributed by atoms with Crippen molar-refractivity contribution in [2.45, 2.75) is 6.92 Å². The third-order valence-electron chi connectivity index (χ3n) is 1.85. The standard InChI is InChI=1S/C8H9N3O.CH3NO2/c1-4-2-3-5-6(7(4)12)11-8(9)10-5;2-1(3)4/h2-3,12H,1H3,(H3,9,10,11);2H2,(H,3,4). The first-order valence-corrected chi connectivity index (χ1v) is 4.34. The summed E-state index contributed by atoms with van der Waals surface area (Å²) in [6.45, 7) is 1.83. The van der Waals surface area contributed by atoms with E-state index in [0.29, 0.717) is 17.0 Å². The summed E-state index contributed by atoms with van der Waals surface area (Å²) in [4.78, 5) is 15.5. The number of fused-ring (bicyclic) bond motifs is 1. The number of hydrogen-bond donors (Lipinski definition) is 5. The van der Waals surface area contributed by atoms with Gasteiger partial charge in [-0.25, -0.2) is 9.78 Å². The Balaban J connectivity index is 0.000000280. The number of nitrogens with two attached hydrogens (primary N) is 2. The second kappa shape index (κ2) is 4.39. The SMILES string of the molecule is Cc1ccc2nc(N)[nH]c2c1O.NC(=O)O. The van der Waals surface area contributed by atoms with Gasteiger partial charge in [0, 0.05) is 0 Å². The van der Waals surface area contributed by atoms with Gasteiger partial charge in [0.1, 0.15) is 11.3 Å². The fourth-order valence-electron chi connectivity index (χ4n) is 1.19. The van der Waals surface area contributed by atoms with Gasteiger partial charge in [-0.3, -0.25) is 0 Å². The molecule has 0 aliphatic heterocycles. The summed E-state index contributed by atoms with van der Waals surface area (Å²) in [5, 5.41) is 16.7. The molecule has 0 unspecified atom stereocenters. The van der Waals surface area contributed by atoms with E-state index < -0.39 is 6.09 Å². The number of phenolic OH excluding ortho intramolecular Hbond substituents is 1. The van der Waals surface area contributed by atoms with Crippen LogP contribution in [0.25, 0.3) is 11.0 Å². The normalized spacial score (nSPS) is 9.56. The van der Waals surface area contributed by atoms with E-state index in [9.17, 15) is 5.11 Å². The van der Waals surface area contributed by atoms with Crippen molar-refractivity contribution >= 4 is 23.1 Å². The molecule has 0 atom stereocenters. The highest BCUT2D eigenvalue weighted by Gasteiger charge is 2.05. The summed E-state index contributed by atoms with van der Waals surface area (Å²) in [5.74, 6) is 0.544. The Kier molecular flexibility index (Phi) is 3.19. The summed E-state index contributed by atoms with van der Waals surface area (Å²) < 4.78 is 0. The number of carbonyl (C=O) groups is 1. The Labute approximate surface area is 90.7 Å². The van der Waals surface area contributed by atoms with Gasteiger partial charge in [-0.15, -0.1) is 0 Å². The number of carboxylic acid groups (broad SMARTS) is 1. The highest BCUT2D eigenvalue weighted by molar-refractivity contribution is 5.84. The first-order valence-electron chi connectivity index (χ1n) is 4.34. The van der Waals surface area contributed by atoms with Crippen molar-refractivity contribution in [2.75, 3.05) is 5.73 Å². The molecule has 0 aliphatic rings. The summed E-state index contributed by atoms with van der Waals surface area (Å²) in [7, 11) is 0. The van der Waals surface area contributed by atoms with E-state index in [-0.39, 0.29) is 5.75 Å². The molecule has 16 heavy (non-hydrogen) atoms. The van der Waals surface area contributed by atoms with Crippen LogP contribution in [0, 0.1) is 6.92 Å². The molecule has 1 aromatic heterocycles. The Hall–Kier alpha value is -2.44. The van der Waals surface area contributed by atoms with Gasteiger partial charge in [0.25, 0.3) is 0 Å². The van der Waals surface area contributed by atoms with Crippen molar-refractivity contribution in [3.05, 3.63) is 17.7 Å². The van der Waals surface area contributed by atoms with Gasteiger partial charge < -0.3 is 26.7 Å². The van der Waals surface area contributed by atoms with Gasteiger partial charge in [-0.05, 0) is 18.6 Å². The maximum absolute atomic E-state index is 9.54. The number of phenols is 1. The number of benzene rings is 1. The number of anilines is 1. The minimum absolute atomic E-state index is 0.219. The number of aromatic nitrogens is 2. The molecule has 7 nitrogen and oxygen atoms in total. The average Bonchev–Trinajstić information content (AvgIpc) is 2.53. The minimum atomic E-state index is -1.33. The van der Waals surface area contributed by atoms with Crippen LogP contribution in [0.15, 0.2) is 12.1 Å². The van der Waals surface area contributed by atoms with E-state index in [4.69, 9.17) is 15.6 Å². The zero-order valence-corrected chi connectivity index (χ0v) is 8.56. The lowest BCUT2D eigenvalue weighted by Gasteiger charge is -1.96. The molecule has 7 heteroatoms. The average molecular weight is 224 g/mol. The number of aromatic amines is 1. The Morgan fingerprint density at radius 1 is 1.50 bits per heavy atom. The smallest absolute Gasteiger partial charge is 0.402 e. The van der Waals surface area contributed by atoms with E-state index in [1.165, 1.54) is 0 Å². The zero-order chi connectivity index (χ0) is 12.3. The number of nitrogens with one attached hydrogen (secondary N) is 1. The van der Waals surface area contributed by atoms with Crippen molar-refractivity contribution < 1.29 is 15.0 Å². The third-order valence-corrected chi connectivity index (χ3v) is 1.85. The molecule has 0 aliphatic carbocycles. The van der Waals surface area contributed by atoms with Gasteiger partial charge in [-0.2, -0.15) is 0 Å². The third kappa shape index (κ3) is 2.53. The number of primary amides is 1. The molecule has 1 heterocycles. The molecule has 0 saturated carbocycles. The number of aromatic hydroxyl groups is 1. The number of hydrogen-bond acceptors (Lipinski definition) is 4. The predicted octanol–water partition coefficient (Wildman–Crippen LogP) is 0.782. The van der Waals surface area contributed by atoms with Gasteiger partial charge in [0.05, 0.1) is 5.52 Å². The summed E-state index contributed by atoms with van der Waals surface area (Å²) in [6, 6.07) is 3.62. The number of nitrogen functional groups attached to an aromatic ring is 1. The van der Waals surface area contributed by atoms with E-state index in [2.05, 4.69) is 15.7 Å². The van der Waals surface area contributed by atoms with Crippen LogP contribution < -0.4 is 11.5 Å². The molecule has 2 aromatic rings. The van der Waals surface area contributed by atoms with Gasteiger partial charge in [0.2, 0.25) is 0 Å². The summed E-state index contributed by atoms with van der Waals surface area (Å²) in [6.07, 6.45) is -1.33. The van der Waals surface area contributed by atoms with E-state index in [1.54, 1.807) is 6.07 Å². The number of nitrogens with zero attached hydrogens (tertiary/aromatic N) is 1. The number of amides is 1. The quantitative estimate of drug-likeness (QED) is 0.450. The van der Waals surface area contributed by atoms with Crippen molar-refractivity contribution in [3.8, 4) is 5.75 Å². The first-order chi connectivity index (χ1) is 7.41. The van der Waals surface area contributed by atoms with Crippen molar-refractivity contribution in [1.29, 1.82) is 0 Å². The number of imidazole rings is 1. The van der Waals surface area contributed by atoms with Crippen LogP contribution in [0.1, 0.15) is 5.56 Å².